The van der Waals surface area contributed by atoms with E-state index in [4.69, 9.17) is 9.47 Å². The molecule has 0 aromatic carbocycles. The normalized spacial score (nSPS) is 41.1. The van der Waals surface area contributed by atoms with E-state index in [1.54, 1.807) is 0 Å². The van der Waals surface area contributed by atoms with E-state index in [0.717, 1.165) is 19.1 Å². The van der Waals surface area contributed by atoms with Gasteiger partial charge in [-0.3, -0.25) is 0 Å². The van der Waals surface area contributed by atoms with E-state index < -0.39 is 0 Å². The smallest absolute Gasteiger partial charge is 0.0757 e. The molecule has 1 aliphatic carbocycles. The van der Waals surface area contributed by atoms with Gasteiger partial charge in [0.2, 0.25) is 0 Å². The number of rotatable bonds is 3. The van der Waals surface area contributed by atoms with Crippen LogP contribution in [0.4, 0.5) is 0 Å². The highest BCUT2D eigenvalue weighted by Gasteiger charge is 2.43. The van der Waals surface area contributed by atoms with Crippen molar-refractivity contribution in [1.82, 2.24) is 5.32 Å². The molecule has 3 saturated heterocycles. The Kier molecular flexibility index (Phi) is 4.01. The lowest BCUT2D eigenvalue weighted by molar-refractivity contribution is -0.0950. The molecule has 4 heteroatoms. The van der Waals surface area contributed by atoms with Crippen molar-refractivity contribution in [3.63, 3.8) is 0 Å². The van der Waals surface area contributed by atoms with Gasteiger partial charge in [0.25, 0.3) is 0 Å². The Morgan fingerprint density at radius 2 is 1.85 bits per heavy atom. The van der Waals surface area contributed by atoms with E-state index >= 15 is 0 Å². The standard InChI is InChI=1S/C16H27NO2S/c1-2-12(1)15-14(4-7-18-15)17-13-3-8-19-16(11-13)5-9-20-10-6-16/h12-15,17H,1-11H2. The lowest BCUT2D eigenvalue weighted by Crippen LogP contribution is -2.52. The molecule has 114 valence electrons. The fourth-order valence-electron chi connectivity index (χ4n) is 4.24. The molecule has 0 aromatic heterocycles. The van der Waals surface area contributed by atoms with Crippen LogP contribution in [0.1, 0.15) is 44.9 Å². The summed E-state index contributed by atoms with van der Waals surface area (Å²) in [6, 6.07) is 1.26. The Morgan fingerprint density at radius 1 is 1.00 bits per heavy atom. The Labute approximate surface area is 126 Å². The molecule has 3 aliphatic heterocycles. The summed E-state index contributed by atoms with van der Waals surface area (Å²) in [5.74, 6) is 3.42. The zero-order chi connectivity index (χ0) is 13.4. The van der Waals surface area contributed by atoms with E-state index in [2.05, 4.69) is 17.1 Å². The maximum atomic E-state index is 6.20. The summed E-state index contributed by atoms with van der Waals surface area (Å²) in [6.45, 7) is 1.91. The second kappa shape index (κ2) is 5.79. The molecular formula is C16H27NO2S. The first kappa shape index (κ1) is 13.9. The topological polar surface area (TPSA) is 30.5 Å². The van der Waals surface area contributed by atoms with Crippen molar-refractivity contribution in [3.05, 3.63) is 0 Å². The highest BCUT2D eigenvalue weighted by Crippen LogP contribution is 2.40. The molecule has 3 unspecified atom stereocenters. The molecule has 0 bridgehead atoms. The number of thioether (sulfide) groups is 1. The molecule has 3 atom stereocenters. The summed E-state index contributed by atoms with van der Waals surface area (Å²) in [7, 11) is 0. The van der Waals surface area contributed by atoms with Gasteiger partial charge in [0, 0.05) is 25.3 Å². The summed E-state index contributed by atoms with van der Waals surface area (Å²) in [5, 5.41) is 3.95. The van der Waals surface area contributed by atoms with Gasteiger partial charge in [0.15, 0.2) is 0 Å². The maximum Gasteiger partial charge on any atom is 0.0757 e. The molecule has 4 aliphatic rings. The summed E-state index contributed by atoms with van der Waals surface area (Å²) in [5.41, 5.74) is 0.204. The molecule has 1 saturated carbocycles. The van der Waals surface area contributed by atoms with Gasteiger partial charge >= 0.3 is 0 Å². The van der Waals surface area contributed by atoms with Gasteiger partial charge in [-0.1, -0.05) is 0 Å². The molecule has 1 spiro atoms. The summed E-state index contributed by atoms with van der Waals surface area (Å²) in [6.07, 6.45) is 9.41. The monoisotopic (exact) mass is 297 g/mol. The molecule has 0 radical (unpaired) electrons. The van der Waals surface area contributed by atoms with E-state index in [1.165, 1.54) is 56.5 Å². The lowest BCUT2D eigenvalue weighted by atomic mass is 9.85. The highest BCUT2D eigenvalue weighted by atomic mass is 32.2. The zero-order valence-corrected chi connectivity index (χ0v) is 13.1. The molecule has 3 nitrogen and oxygen atoms in total. The predicted octanol–water partition coefficient (Wildman–Crippen LogP) is 2.59. The van der Waals surface area contributed by atoms with E-state index in [9.17, 15) is 0 Å². The molecule has 3 heterocycles. The lowest BCUT2D eigenvalue weighted by Gasteiger charge is -2.44. The minimum Gasteiger partial charge on any atom is -0.376 e. The molecule has 20 heavy (non-hydrogen) atoms. The average molecular weight is 297 g/mol. The average Bonchev–Trinajstić information content (AvgIpc) is 3.21. The second-order valence-electron chi connectivity index (χ2n) is 7.07. The first-order valence-corrected chi connectivity index (χ1v) is 9.60. The zero-order valence-electron chi connectivity index (χ0n) is 12.3. The molecule has 0 amide bonds. The summed E-state index contributed by atoms with van der Waals surface area (Å²) >= 11 is 2.09. The van der Waals surface area contributed by atoms with Crippen LogP contribution < -0.4 is 5.32 Å². The van der Waals surface area contributed by atoms with Crippen LogP contribution >= 0.6 is 11.8 Å². The Balaban J connectivity index is 1.36. The molecule has 1 N–H and O–H groups in total. The first-order valence-electron chi connectivity index (χ1n) is 8.44. The summed E-state index contributed by atoms with van der Waals surface area (Å²) in [4.78, 5) is 0. The van der Waals surface area contributed by atoms with Crippen LogP contribution in [0, 0.1) is 5.92 Å². The van der Waals surface area contributed by atoms with Crippen molar-refractivity contribution in [2.24, 2.45) is 5.92 Å². The van der Waals surface area contributed by atoms with Crippen LogP contribution in [0.25, 0.3) is 0 Å². The van der Waals surface area contributed by atoms with Gasteiger partial charge in [-0.05, 0) is 62.4 Å². The molecular weight excluding hydrogens is 270 g/mol. The number of nitrogens with one attached hydrogen (secondary N) is 1. The Morgan fingerprint density at radius 3 is 2.65 bits per heavy atom. The first-order chi connectivity index (χ1) is 9.85. The minimum absolute atomic E-state index is 0.204. The van der Waals surface area contributed by atoms with Gasteiger partial charge in [-0.15, -0.1) is 0 Å². The Hall–Kier alpha value is 0.230. The fraction of sp³-hybridized carbons (Fsp3) is 1.00. The van der Waals surface area contributed by atoms with Crippen LogP contribution in [0.5, 0.6) is 0 Å². The van der Waals surface area contributed by atoms with Crippen molar-refractivity contribution in [2.45, 2.75) is 68.7 Å². The Bertz CT molecular complexity index is 336. The summed E-state index contributed by atoms with van der Waals surface area (Å²) < 4.78 is 12.2. The van der Waals surface area contributed by atoms with Gasteiger partial charge in [0.1, 0.15) is 0 Å². The van der Waals surface area contributed by atoms with Gasteiger partial charge in [0.05, 0.1) is 11.7 Å². The van der Waals surface area contributed by atoms with Gasteiger partial charge < -0.3 is 14.8 Å². The van der Waals surface area contributed by atoms with Crippen LogP contribution in [-0.4, -0.2) is 48.5 Å². The van der Waals surface area contributed by atoms with Crippen molar-refractivity contribution in [3.8, 4) is 0 Å². The number of hydrogen-bond acceptors (Lipinski definition) is 4. The molecule has 0 aromatic rings. The van der Waals surface area contributed by atoms with E-state index in [1.807, 2.05) is 0 Å². The van der Waals surface area contributed by atoms with Crippen molar-refractivity contribution < 1.29 is 9.47 Å². The maximum absolute atomic E-state index is 6.20. The molecule has 4 fully saturated rings. The van der Waals surface area contributed by atoms with Crippen LogP contribution in [0.2, 0.25) is 0 Å². The highest BCUT2D eigenvalue weighted by molar-refractivity contribution is 7.99. The van der Waals surface area contributed by atoms with Gasteiger partial charge in [-0.2, -0.15) is 11.8 Å². The van der Waals surface area contributed by atoms with Crippen LogP contribution in [0.3, 0.4) is 0 Å². The largest absolute Gasteiger partial charge is 0.376 e. The third-order valence-corrected chi connectivity index (χ3v) is 6.55. The van der Waals surface area contributed by atoms with Crippen LogP contribution in [-0.2, 0) is 9.47 Å². The van der Waals surface area contributed by atoms with E-state index in [-0.39, 0.29) is 5.60 Å². The second-order valence-corrected chi connectivity index (χ2v) is 8.29. The third-order valence-electron chi connectivity index (χ3n) is 5.57. The third kappa shape index (κ3) is 2.90. The molecule has 4 rings (SSSR count). The number of hydrogen-bond donors (Lipinski definition) is 1. The van der Waals surface area contributed by atoms with Crippen molar-refractivity contribution >= 4 is 11.8 Å². The fourth-order valence-corrected chi connectivity index (χ4v) is 5.48. The predicted molar refractivity (Wildman–Crippen MR) is 82.3 cm³/mol. The minimum atomic E-state index is 0.204. The number of ether oxygens (including phenoxy) is 2. The SMILES string of the molecule is C1CC(NC2CCOC3(CCSCC3)C2)C(C2CC2)O1. The van der Waals surface area contributed by atoms with E-state index in [0.29, 0.717) is 18.2 Å². The van der Waals surface area contributed by atoms with Crippen molar-refractivity contribution in [2.75, 3.05) is 24.7 Å². The van der Waals surface area contributed by atoms with Gasteiger partial charge in [-0.25, -0.2) is 0 Å². The van der Waals surface area contributed by atoms with Crippen LogP contribution in [0.15, 0.2) is 0 Å². The van der Waals surface area contributed by atoms with Crippen molar-refractivity contribution in [1.29, 1.82) is 0 Å². The quantitative estimate of drug-likeness (QED) is 0.867.